The summed E-state index contributed by atoms with van der Waals surface area (Å²) in [6.07, 6.45) is 2.29. The molecule has 0 aliphatic carbocycles. The van der Waals surface area contributed by atoms with Gasteiger partial charge in [-0.3, -0.25) is 4.79 Å². The molecule has 1 heterocycles. The summed E-state index contributed by atoms with van der Waals surface area (Å²) in [5.74, 6) is 0.644. The summed E-state index contributed by atoms with van der Waals surface area (Å²) in [4.78, 5) is 12.7. The van der Waals surface area contributed by atoms with E-state index in [1.54, 1.807) is 6.92 Å². The Morgan fingerprint density at radius 1 is 1.70 bits per heavy atom. The third-order valence-corrected chi connectivity index (χ3v) is 1.96. The van der Waals surface area contributed by atoms with Gasteiger partial charge in [-0.15, -0.1) is 0 Å². The molecule has 1 fully saturated rings. The predicted octanol–water partition coefficient (Wildman–Crippen LogP) is 1.08. The average Bonchev–Trinajstić information content (AvgIpc) is 1.88. The summed E-state index contributed by atoms with van der Waals surface area (Å²) >= 11 is 0. The van der Waals surface area contributed by atoms with Crippen LogP contribution in [0.1, 0.15) is 19.8 Å². The average molecular weight is 140 g/mol. The van der Waals surface area contributed by atoms with Crippen molar-refractivity contribution in [2.45, 2.75) is 19.8 Å². The van der Waals surface area contributed by atoms with Crippen molar-refractivity contribution in [3.63, 3.8) is 0 Å². The van der Waals surface area contributed by atoms with Gasteiger partial charge in [-0.2, -0.15) is 0 Å². The molecule has 10 heavy (non-hydrogen) atoms. The van der Waals surface area contributed by atoms with E-state index in [1.165, 1.54) is 6.42 Å². The lowest BCUT2D eigenvalue weighted by atomic mass is 10.0. The lowest BCUT2D eigenvalue weighted by Gasteiger charge is -2.29. The topological polar surface area (TPSA) is 20.3 Å². The fraction of sp³-hybridized carbons (Fsp3) is 0.750. The molecule has 0 aromatic carbocycles. The molecule has 1 unspecified atom stereocenters. The van der Waals surface area contributed by atoms with E-state index in [0.29, 0.717) is 5.92 Å². The van der Waals surface area contributed by atoms with E-state index in [9.17, 15) is 4.79 Å². The molecule has 1 rings (SSSR count). The highest BCUT2D eigenvalue weighted by molar-refractivity contribution is 5.73. The quantitative estimate of drug-likeness (QED) is 0.493. The van der Waals surface area contributed by atoms with Crippen LogP contribution < -0.4 is 0 Å². The number of amides is 1. The molecule has 2 heteroatoms. The van der Waals surface area contributed by atoms with Crippen molar-refractivity contribution >= 4 is 5.91 Å². The maximum Gasteiger partial charge on any atom is 0.219 e. The third-order valence-electron chi connectivity index (χ3n) is 1.96. The van der Waals surface area contributed by atoms with Gasteiger partial charge in [0.1, 0.15) is 0 Å². The Morgan fingerprint density at radius 3 is 2.80 bits per heavy atom. The molecule has 2 nitrogen and oxygen atoms in total. The maximum atomic E-state index is 10.8. The van der Waals surface area contributed by atoms with E-state index >= 15 is 0 Å². The van der Waals surface area contributed by atoms with Crippen molar-refractivity contribution in [1.82, 2.24) is 4.90 Å². The summed E-state index contributed by atoms with van der Waals surface area (Å²) in [5.41, 5.74) is 0. The van der Waals surface area contributed by atoms with Crippen LogP contribution in [0.5, 0.6) is 0 Å². The lowest BCUT2D eigenvalue weighted by Crippen LogP contribution is -2.37. The second-order valence-corrected chi connectivity index (χ2v) is 2.97. The number of carbonyl (C=O) groups excluding carboxylic acids is 1. The van der Waals surface area contributed by atoms with E-state index in [2.05, 4.69) is 6.92 Å². The maximum absolute atomic E-state index is 10.8. The van der Waals surface area contributed by atoms with Crippen molar-refractivity contribution in [3.8, 4) is 0 Å². The highest BCUT2D eigenvalue weighted by Gasteiger charge is 2.17. The highest BCUT2D eigenvalue weighted by Crippen LogP contribution is 2.14. The summed E-state index contributed by atoms with van der Waals surface area (Å²) in [5, 5.41) is 0. The molecule has 1 aliphatic heterocycles. The first kappa shape index (κ1) is 7.58. The second kappa shape index (κ2) is 3.04. The second-order valence-electron chi connectivity index (χ2n) is 2.97. The zero-order chi connectivity index (χ0) is 7.56. The SMILES string of the molecule is [CH2]C1CCCN(C(C)=O)C1. The molecule has 0 spiro atoms. The first-order valence-corrected chi connectivity index (χ1v) is 3.78. The number of hydrogen-bond acceptors (Lipinski definition) is 1. The summed E-state index contributed by atoms with van der Waals surface area (Å²) in [7, 11) is 0. The van der Waals surface area contributed by atoms with Crippen LogP contribution in [-0.2, 0) is 4.79 Å². The van der Waals surface area contributed by atoms with Gasteiger partial charge in [0.05, 0.1) is 0 Å². The molecule has 1 amide bonds. The highest BCUT2D eigenvalue weighted by atomic mass is 16.2. The Labute approximate surface area is 62.2 Å². The predicted molar refractivity (Wildman–Crippen MR) is 40.3 cm³/mol. The zero-order valence-electron chi connectivity index (χ0n) is 6.47. The lowest BCUT2D eigenvalue weighted by molar-refractivity contribution is -0.130. The molecule has 1 atom stereocenters. The molecule has 57 valence electrons. The first-order valence-electron chi connectivity index (χ1n) is 3.78. The molecular formula is C8H14NO. The van der Waals surface area contributed by atoms with Crippen LogP contribution in [0.15, 0.2) is 0 Å². The van der Waals surface area contributed by atoms with Crippen LogP contribution >= 0.6 is 0 Å². The molecule has 1 saturated heterocycles. The molecule has 0 aromatic rings. The van der Waals surface area contributed by atoms with E-state index in [-0.39, 0.29) is 5.91 Å². The van der Waals surface area contributed by atoms with E-state index in [4.69, 9.17) is 0 Å². The van der Waals surface area contributed by atoms with E-state index in [1.807, 2.05) is 4.90 Å². The van der Waals surface area contributed by atoms with Crippen LogP contribution in [0, 0.1) is 12.8 Å². The minimum Gasteiger partial charge on any atom is -0.343 e. The van der Waals surface area contributed by atoms with Gasteiger partial charge in [0, 0.05) is 20.0 Å². The Kier molecular flexibility index (Phi) is 2.30. The van der Waals surface area contributed by atoms with E-state index in [0.717, 1.165) is 19.5 Å². The molecule has 0 saturated carbocycles. The van der Waals surface area contributed by atoms with Gasteiger partial charge >= 0.3 is 0 Å². The number of rotatable bonds is 0. The van der Waals surface area contributed by atoms with Gasteiger partial charge < -0.3 is 4.90 Å². The smallest absolute Gasteiger partial charge is 0.219 e. The molecular weight excluding hydrogens is 126 g/mol. The summed E-state index contributed by atoms with van der Waals surface area (Å²) < 4.78 is 0. The van der Waals surface area contributed by atoms with Crippen molar-refractivity contribution in [2.75, 3.05) is 13.1 Å². The van der Waals surface area contributed by atoms with Crippen molar-refractivity contribution in [1.29, 1.82) is 0 Å². The Morgan fingerprint density at radius 2 is 2.40 bits per heavy atom. The monoisotopic (exact) mass is 140 g/mol. The number of carbonyl (C=O) groups is 1. The minimum atomic E-state index is 0.188. The van der Waals surface area contributed by atoms with Gasteiger partial charge in [-0.05, 0) is 25.7 Å². The Balaban J connectivity index is 2.39. The van der Waals surface area contributed by atoms with Crippen molar-refractivity contribution in [2.24, 2.45) is 5.92 Å². The first-order chi connectivity index (χ1) is 4.70. The standard InChI is InChI=1S/C8H14NO/c1-7-4-3-5-9(6-7)8(2)10/h7H,1,3-6H2,2H3. The molecule has 0 N–H and O–H groups in total. The molecule has 1 radical (unpaired) electrons. The molecule has 1 aliphatic rings. The van der Waals surface area contributed by atoms with Gasteiger partial charge in [0.15, 0.2) is 0 Å². The van der Waals surface area contributed by atoms with Crippen LogP contribution in [0.2, 0.25) is 0 Å². The van der Waals surface area contributed by atoms with Gasteiger partial charge in [0.2, 0.25) is 5.91 Å². The fourth-order valence-corrected chi connectivity index (χ4v) is 1.35. The summed E-state index contributed by atoms with van der Waals surface area (Å²) in [6, 6.07) is 0. The third kappa shape index (κ3) is 1.72. The Hall–Kier alpha value is -0.530. The van der Waals surface area contributed by atoms with Crippen molar-refractivity contribution in [3.05, 3.63) is 6.92 Å². The van der Waals surface area contributed by atoms with Crippen LogP contribution in [0.25, 0.3) is 0 Å². The number of hydrogen-bond donors (Lipinski definition) is 0. The largest absolute Gasteiger partial charge is 0.343 e. The van der Waals surface area contributed by atoms with Crippen molar-refractivity contribution < 1.29 is 4.79 Å². The number of piperidine rings is 1. The molecule has 0 bridgehead atoms. The zero-order valence-corrected chi connectivity index (χ0v) is 6.47. The fourth-order valence-electron chi connectivity index (χ4n) is 1.35. The minimum absolute atomic E-state index is 0.188. The normalized spacial score (nSPS) is 26.6. The van der Waals surface area contributed by atoms with Gasteiger partial charge in [-0.25, -0.2) is 0 Å². The van der Waals surface area contributed by atoms with Crippen LogP contribution in [-0.4, -0.2) is 23.9 Å². The van der Waals surface area contributed by atoms with Gasteiger partial charge in [-0.1, -0.05) is 0 Å². The molecule has 0 aromatic heterocycles. The Bertz CT molecular complexity index is 133. The number of nitrogens with zero attached hydrogens (tertiary/aromatic N) is 1. The van der Waals surface area contributed by atoms with E-state index < -0.39 is 0 Å². The summed E-state index contributed by atoms with van der Waals surface area (Å²) in [6.45, 7) is 7.35. The van der Waals surface area contributed by atoms with Crippen LogP contribution in [0.3, 0.4) is 0 Å². The van der Waals surface area contributed by atoms with Crippen LogP contribution in [0.4, 0.5) is 0 Å². The van der Waals surface area contributed by atoms with Gasteiger partial charge in [0.25, 0.3) is 0 Å². The number of likely N-dealkylation sites (tertiary alicyclic amines) is 1.